The summed E-state index contributed by atoms with van der Waals surface area (Å²) in [6.45, 7) is 0. The van der Waals surface area contributed by atoms with E-state index >= 15 is 0 Å². The summed E-state index contributed by atoms with van der Waals surface area (Å²) in [5.74, 6) is 0.664. The van der Waals surface area contributed by atoms with Crippen LogP contribution < -0.4 is 5.32 Å². The molecule has 1 aromatic carbocycles. The lowest BCUT2D eigenvalue weighted by Crippen LogP contribution is -1.94. The van der Waals surface area contributed by atoms with E-state index in [0.29, 0.717) is 11.0 Å². The Balaban J connectivity index is 2.18. The van der Waals surface area contributed by atoms with Crippen LogP contribution in [0.15, 0.2) is 40.9 Å². The Morgan fingerprint density at radius 1 is 1.13 bits per heavy atom. The molecule has 1 heterocycles. The van der Waals surface area contributed by atoms with Crippen LogP contribution in [0.1, 0.15) is 0 Å². The Hall–Kier alpha value is -1.13. The molecule has 0 aliphatic rings. The molecule has 1 aromatic heterocycles. The Morgan fingerprint density at radius 3 is 2.67 bits per heavy atom. The SMILES string of the molecule is Clc1ccc(Nc2cccc(Br)c2)nn1. The zero-order valence-corrected chi connectivity index (χ0v) is 9.96. The lowest BCUT2D eigenvalue weighted by molar-refractivity contribution is 1.04. The van der Waals surface area contributed by atoms with Gasteiger partial charge in [0, 0.05) is 10.2 Å². The molecule has 76 valence electrons. The van der Waals surface area contributed by atoms with E-state index < -0.39 is 0 Å². The summed E-state index contributed by atoms with van der Waals surface area (Å²) < 4.78 is 1.01. The van der Waals surface area contributed by atoms with Crippen LogP contribution in [0.2, 0.25) is 5.15 Å². The van der Waals surface area contributed by atoms with Crippen molar-refractivity contribution >= 4 is 39.0 Å². The van der Waals surface area contributed by atoms with Gasteiger partial charge in [-0.1, -0.05) is 33.6 Å². The molecule has 0 atom stereocenters. The van der Waals surface area contributed by atoms with Crippen molar-refractivity contribution in [2.24, 2.45) is 0 Å². The molecule has 0 fully saturated rings. The van der Waals surface area contributed by atoms with Gasteiger partial charge in [0.15, 0.2) is 11.0 Å². The molecule has 0 amide bonds. The van der Waals surface area contributed by atoms with Gasteiger partial charge in [-0.2, -0.15) is 0 Å². The second-order valence-electron chi connectivity index (χ2n) is 2.88. The molecule has 0 unspecified atom stereocenters. The van der Waals surface area contributed by atoms with Crippen LogP contribution in [0.25, 0.3) is 0 Å². The number of benzene rings is 1. The second-order valence-corrected chi connectivity index (χ2v) is 4.18. The average Bonchev–Trinajstić information content (AvgIpc) is 2.22. The topological polar surface area (TPSA) is 37.8 Å². The Morgan fingerprint density at radius 2 is 2.00 bits per heavy atom. The van der Waals surface area contributed by atoms with Gasteiger partial charge in [0.1, 0.15) is 0 Å². The van der Waals surface area contributed by atoms with E-state index in [9.17, 15) is 0 Å². The highest BCUT2D eigenvalue weighted by Gasteiger charge is 1.97. The summed E-state index contributed by atoms with van der Waals surface area (Å²) in [7, 11) is 0. The lowest BCUT2D eigenvalue weighted by atomic mass is 10.3. The maximum Gasteiger partial charge on any atom is 0.153 e. The third kappa shape index (κ3) is 2.91. The van der Waals surface area contributed by atoms with Gasteiger partial charge in [-0.05, 0) is 30.3 Å². The average molecular weight is 285 g/mol. The molecule has 2 aromatic rings. The van der Waals surface area contributed by atoms with Crippen LogP contribution in [0.4, 0.5) is 11.5 Å². The number of anilines is 2. The fourth-order valence-electron chi connectivity index (χ4n) is 1.10. The second kappa shape index (κ2) is 4.59. The van der Waals surface area contributed by atoms with Gasteiger partial charge in [-0.15, -0.1) is 10.2 Å². The van der Waals surface area contributed by atoms with Crippen molar-refractivity contribution < 1.29 is 0 Å². The maximum atomic E-state index is 5.63. The van der Waals surface area contributed by atoms with Crippen molar-refractivity contribution in [2.75, 3.05) is 5.32 Å². The first-order valence-corrected chi connectivity index (χ1v) is 5.43. The van der Waals surface area contributed by atoms with Gasteiger partial charge in [0.2, 0.25) is 0 Å². The minimum absolute atomic E-state index is 0.384. The van der Waals surface area contributed by atoms with Crippen molar-refractivity contribution in [3.8, 4) is 0 Å². The first-order valence-electron chi connectivity index (χ1n) is 4.26. The van der Waals surface area contributed by atoms with Crippen LogP contribution in [-0.2, 0) is 0 Å². The van der Waals surface area contributed by atoms with Crippen LogP contribution >= 0.6 is 27.5 Å². The first-order chi connectivity index (χ1) is 7.24. The molecule has 0 aliphatic carbocycles. The van der Waals surface area contributed by atoms with E-state index in [1.54, 1.807) is 12.1 Å². The summed E-state index contributed by atoms with van der Waals surface area (Å²) >= 11 is 9.02. The molecular formula is C10H7BrClN3. The van der Waals surface area contributed by atoms with Crippen LogP contribution in [0.5, 0.6) is 0 Å². The zero-order chi connectivity index (χ0) is 10.7. The van der Waals surface area contributed by atoms with E-state index in [-0.39, 0.29) is 0 Å². The standard InChI is InChI=1S/C10H7BrClN3/c11-7-2-1-3-8(6-7)13-10-5-4-9(12)14-15-10/h1-6H,(H,13,15). The maximum absolute atomic E-state index is 5.63. The Kier molecular flexibility index (Phi) is 3.18. The van der Waals surface area contributed by atoms with Gasteiger partial charge in [-0.3, -0.25) is 0 Å². The molecule has 0 saturated heterocycles. The largest absolute Gasteiger partial charge is 0.339 e. The van der Waals surface area contributed by atoms with E-state index in [0.717, 1.165) is 10.2 Å². The molecule has 5 heteroatoms. The minimum atomic E-state index is 0.384. The smallest absolute Gasteiger partial charge is 0.153 e. The number of hydrogen-bond donors (Lipinski definition) is 1. The summed E-state index contributed by atoms with van der Waals surface area (Å²) in [4.78, 5) is 0. The molecule has 0 saturated carbocycles. The van der Waals surface area contributed by atoms with Gasteiger partial charge in [-0.25, -0.2) is 0 Å². The predicted molar refractivity (Wildman–Crippen MR) is 64.5 cm³/mol. The van der Waals surface area contributed by atoms with E-state index in [4.69, 9.17) is 11.6 Å². The van der Waals surface area contributed by atoms with E-state index in [1.165, 1.54) is 0 Å². The van der Waals surface area contributed by atoms with Crippen molar-refractivity contribution in [1.82, 2.24) is 10.2 Å². The Labute approximate surface area is 101 Å². The number of aromatic nitrogens is 2. The third-order valence-electron chi connectivity index (χ3n) is 1.73. The quantitative estimate of drug-likeness (QED) is 0.915. The Bertz CT molecular complexity index is 458. The molecule has 0 aliphatic heterocycles. The monoisotopic (exact) mass is 283 g/mol. The number of nitrogens with one attached hydrogen (secondary N) is 1. The van der Waals surface area contributed by atoms with Gasteiger partial charge in [0.25, 0.3) is 0 Å². The summed E-state index contributed by atoms with van der Waals surface area (Å²) in [5, 5.41) is 11.1. The fraction of sp³-hybridized carbons (Fsp3) is 0. The van der Waals surface area contributed by atoms with Crippen LogP contribution in [-0.4, -0.2) is 10.2 Å². The number of rotatable bonds is 2. The predicted octanol–water partition coefficient (Wildman–Crippen LogP) is 3.64. The fourth-order valence-corrected chi connectivity index (χ4v) is 1.60. The number of hydrogen-bond acceptors (Lipinski definition) is 3. The molecule has 0 spiro atoms. The van der Waals surface area contributed by atoms with Crippen molar-refractivity contribution in [2.45, 2.75) is 0 Å². The zero-order valence-electron chi connectivity index (χ0n) is 7.61. The summed E-state index contributed by atoms with van der Waals surface area (Å²) in [6.07, 6.45) is 0. The molecule has 1 N–H and O–H groups in total. The van der Waals surface area contributed by atoms with Gasteiger partial charge in [0.05, 0.1) is 0 Å². The highest BCUT2D eigenvalue weighted by Crippen LogP contribution is 2.19. The molecule has 0 bridgehead atoms. The normalized spacial score (nSPS) is 10.0. The number of halogens is 2. The minimum Gasteiger partial charge on any atom is -0.339 e. The third-order valence-corrected chi connectivity index (χ3v) is 2.42. The molecule has 15 heavy (non-hydrogen) atoms. The van der Waals surface area contributed by atoms with Crippen LogP contribution in [0, 0.1) is 0 Å². The van der Waals surface area contributed by atoms with E-state index in [2.05, 4.69) is 31.4 Å². The number of nitrogens with zero attached hydrogens (tertiary/aromatic N) is 2. The van der Waals surface area contributed by atoms with Crippen molar-refractivity contribution in [1.29, 1.82) is 0 Å². The first kappa shape index (κ1) is 10.4. The highest BCUT2D eigenvalue weighted by molar-refractivity contribution is 9.10. The van der Waals surface area contributed by atoms with Crippen molar-refractivity contribution in [3.63, 3.8) is 0 Å². The molecule has 3 nitrogen and oxygen atoms in total. The van der Waals surface area contributed by atoms with Gasteiger partial charge < -0.3 is 5.32 Å². The summed E-state index contributed by atoms with van der Waals surface area (Å²) in [5.41, 5.74) is 0.945. The molecule has 2 rings (SSSR count). The summed E-state index contributed by atoms with van der Waals surface area (Å²) in [6, 6.07) is 11.3. The van der Waals surface area contributed by atoms with E-state index in [1.807, 2.05) is 24.3 Å². The lowest BCUT2D eigenvalue weighted by Gasteiger charge is -2.04. The molecular weight excluding hydrogens is 277 g/mol. The van der Waals surface area contributed by atoms with Crippen LogP contribution in [0.3, 0.4) is 0 Å². The van der Waals surface area contributed by atoms with Gasteiger partial charge >= 0.3 is 0 Å². The highest BCUT2D eigenvalue weighted by atomic mass is 79.9. The molecule has 0 radical (unpaired) electrons. The van der Waals surface area contributed by atoms with Crippen molar-refractivity contribution in [3.05, 3.63) is 46.0 Å².